The van der Waals surface area contributed by atoms with Crippen LogP contribution in [0.1, 0.15) is 18.3 Å². The third-order valence-electron chi connectivity index (χ3n) is 3.85. The summed E-state index contributed by atoms with van der Waals surface area (Å²) in [5.41, 5.74) is 7.34. The number of aromatic nitrogens is 3. The van der Waals surface area contributed by atoms with Crippen molar-refractivity contribution in [3.8, 4) is 5.75 Å². The van der Waals surface area contributed by atoms with Crippen molar-refractivity contribution >= 4 is 35.2 Å². The van der Waals surface area contributed by atoms with Crippen molar-refractivity contribution in [3.05, 3.63) is 64.9 Å². The van der Waals surface area contributed by atoms with E-state index in [4.69, 9.17) is 26.8 Å². The van der Waals surface area contributed by atoms with Crippen LogP contribution < -0.4 is 15.8 Å². The van der Waals surface area contributed by atoms with Crippen LogP contribution in [0, 0.1) is 6.92 Å². The molecule has 0 fully saturated rings. The summed E-state index contributed by atoms with van der Waals surface area (Å²) >= 11 is 5.93. The van der Waals surface area contributed by atoms with E-state index in [1.54, 1.807) is 25.1 Å². The van der Waals surface area contributed by atoms with Gasteiger partial charge in [0.25, 0.3) is 0 Å². The minimum atomic E-state index is -0.823. The van der Waals surface area contributed by atoms with Crippen molar-refractivity contribution in [1.29, 1.82) is 0 Å². The second-order valence-corrected chi connectivity index (χ2v) is 6.64. The van der Waals surface area contributed by atoms with Crippen molar-refractivity contribution in [3.63, 3.8) is 0 Å². The molecule has 3 rings (SSSR count). The Balaban J connectivity index is 1.60. The molecule has 8 nitrogen and oxygen atoms in total. The Morgan fingerprint density at radius 3 is 2.66 bits per heavy atom. The Labute approximate surface area is 173 Å². The monoisotopic (exact) mass is 413 g/mol. The molecule has 9 heteroatoms. The number of benzene rings is 2. The molecule has 0 saturated carbocycles. The highest BCUT2D eigenvalue weighted by atomic mass is 35.5. The number of nitrogens with zero attached hydrogens (tertiary/aromatic N) is 3. The highest BCUT2D eigenvalue weighted by Gasteiger charge is 2.18. The molecule has 1 heterocycles. The zero-order valence-electron chi connectivity index (χ0n) is 15.9. The molecule has 1 aromatic heterocycles. The molecule has 3 aromatic rings. The first kappa shape index (κ1) is 20.3. The van der Waals surface area contributed by atoms with E-state index in [9.17, 15) is 4.79 Å². The summed E-state index contributed by atoms with van der Waals surface area (Å²) in [6, 6.07) is 14.5. The van der Waals surface area contributed by atoms with Crippen LogP contribution in [-0.2, 0) is 16.1 Å². The molecular formula is C20H20ClN5O3. The number of nitrogen functional groups attached to an aromatic ring is 1. The fourth-order valence-corrected chi connectivity index (χ4v) is 2.67. The summed E-state index contributed by atoms with van der Waals surface area (Å²) in [5, 5.41) is 3.62. The quantitative estimate of drug-likeness (QED) is 0.564. The molecule has 1 unspecified atom stereocenters. The number of nitrogens with two attached hydrogens (primary N) is 1. The summed E-state index contributed by atoms with van der Waals surface area (Å²) in [5.74, 6) is 0.495. The number of hydrogen-bond acceptors (Lipinski definition) is 8. The standard InChI is InChI=1S/C20H20ClN5O3/c1-12-10-14(21)8-9-16(12)29-13(2)18(27)28-11-17-24-19(22)26-20(25-17)23-15-6-4-3-5-7-15/h3-10,13H,11H2,1-2H3,(H3,22,23,24,25,26). The second-order valence-electron chi connectivity index (χ2n) is 6.20. The molecule has 150 valence electrons. The third-order valence-corrected chi connectivity index (χ3v) is 4.08. The smallest absolute Gasteiger partial charge is 0.347 e. The van der Waals surface area contributed by atoms with Crippen LogP contribution >= 0.6 is 11.6 Å². The van der Waals surface area contributed by atoms with Gasteiger partial charge in [-0.1, -0.05) is 29.8 Å². The minimum Gasteiger partial charge on any atom is -0.479 e. The van der Waals surface area contributed by atoms with Crippen LogP contribution in [0.15, 0.2) is 48.5 Å². The van der Waals surface area contributed by atoms with Crippen LogP contribution in [0.3, 0.4) is 0 Å². The Kier molecular flexibility index (Phi) is 6.46. The van der Waals surface area contributed by atoms with Gasteiger partial charge in [0.15, 0.2) is 18.5 Å². The summed E-state index contributed by atoms with van der Waals surface area (Å²) in [6.07, 6.45) is -0.823. The van der Waals surface area contributed by atoms with Gasteiger partial charge in [-0.05, 0) is 49.7 Å². The molecule has 0 aliphatic heterocycles. The molecule has 0 aliphatic carbocycles. The van der Waals surface area contributed by atoms with Crippen molar-refractivity contribution in [2.45, 2.75) is 26.6 Å². The Bertz CT molecular complexity index is 1000. The fraction of sp³-hybridized carbons (Fsp3) is 0.200. The van der Waals surface area contributed by atoms with Crippen LogP contribution in [-0.4, -0.2) is 27.0 Å². The molecule has 3 N–H and O–H groups in total. The molecule has 0 spiro atoms. The maximum Gasteiger partial charge on any atom is 0.347 e. The van der Waals surface area contributed by atoms with Gasteiger partial charge in [0, 0.05) is 10.7 Å². The van der Waals surface area contributed by atoms with Crippen molar-refractivity contribution in [2.75, 3.05) is 11.1 Å². The number of halogens is 1. The maximum atomic E-state index is 12.3. The van der Waals surface area contributed by atoms with Crippen LogP contribution in [0.2, 0.25) is 5.02 Å². The van der Waals surface area contributed by atoms with Crippen molar-refractivity contribution in [1.82, 2.24) is 15.0 Å². The third kappa shape index (κ3) is 5.79. The number of carbonyl (C=O) groups excluding carboxylic acids is 1. The topological polar surface area (TPSA) is 112 Å². The SMILES string of the molecule is Cc1cc(Cl)ccc1OC(C)C(=O)OCc1nc(N)nc(Nc2ccccc2)n1. The molecule has 1 atom stereocenters. The van der Waals surface area contributed by atoms with Gasteiger partial charge in [-0.25, -0.2) is 4.79 Å². The molecule has 0 aliphatic rings. The number of anilines is 3. The number of hydrogen-bond donors (Lipinski definition) is 2. The lowest BCUT2D eigenvalue weighted by molar-refractivity contribution is -0.152. The first-order valence-electron chi connectivity index (χ1n) is 8.82. The molecule has 0 saturated heterocycles. The van der Waals surface area contributed by atoms with Gasteiger partial charge in [0.05, 0.1) is 0 Å². The number of rotatable bonds is 7. The van der Waals surface area contributed by atoms with E-state index in [1.807, 2.05) is 37.3 Å². The number of nitrogens with one attached hydrogen (secondary N) is 1. The van der Waals surface area contributed by atoms with Gasteiger partial charge in [-0.2, -0.15) is 15.0 Å². The number of esters is 1. The van der Waals surface area contributed by atoms with Gasteiger partial charge in [0.1, 0.15) is 5.75 Å². The van der Waals surface area contributed by atoms with E-state index in [-0.39, 0.29) is 24.3 Å². The lowest BCUT2D eigenvalue weighted by Crippen LogP contribution is -2.26. The number of para-hydroxylation sites is 1. The summed E-state index contributed by atoms with van der Waals surface area (Å²) < 4.78 is 10.9. The Hall–Kier alpha value is -3.39. The van der Waals surface area contributed by atoms with Gasteiger partial charge in [-0.3, -0.25) is 0 Å². The zero-order valence-corrected chi connectivity index (χ0v) is 16.7. The average molecular weight is 414 g/mol. The number of aryl methyl sites for hydroxylation is 1. The van der Waals surface area contributed by atoms with E-state index in [0.29, 0.717) is 10.8 Å². The van der Waals surface area contributed by atoms with Crippen molar-refractivity contribution in [2.24, 2.45) is 0 Å². The van der Waals surface area contributed by atoms with Crippen molar-refractivity contribution < 1.29 is 14.3 Å². The first-order valence-corrected chi connectivity index (χ1v) is 9.20. The fourth-order valence-electron chi connectivity index (χ4n) is 2.45. The Morgan fingerprint density at radius 1 is 1.17 bits per heavy atom. The number of carbonyl (C=O) groups is 1. The van der Waals surface area contributed by atoms with E-state index in [2.05, 4.69) is 20.3 Å². The highest BCUT2D eigenvalue weighted by molar-refractivity contribution is 6.30. The predicted molar refractivity (Wildman–Crippen MR) is 110 cm³/mol. The first-order chi connectivity index (χ1) is 13.9. The predicted octanol–water partition coefficient (Wildman–Crippen LogP) is 3.67. The van der Waals surface area contributed by atoms with Gasteiger partial charge in [0.2, 0.25) is 11.9 Å². The summed E-state index contributed by atoms with van der Waals surface area (Å²) in [7, 11) is 0. The lowest BCUT2D eigenvalue weighted by atomic mass is 10.2. The van der Waals surface area contributed by atoms with E-state index >= 15 is 0 Å². The van der Waals surface area contributed by atoms with E-state index in [1.165, 1.54) is 0 Å². The summed E-state index contributed by atoms with van der Waals surface area (Å²) in [6.45, 7) is 3.27. The van der Waals surface area contributed by atoms with Crippen LogP contribution in [0.5, 0.6) is 5.75 Å². The zero-order chi connectivity index (χ0) is 20.8. The average Bonchev–Trinajstić information content (AvgIpc) is 2.68. The van der Waals surface area contributed by atoms with Gasteiger partial charge < -0.3 is 20.5 Å². The molecule has 0 bridgehead atoms. The maximum absolute atomic E-state index is 12.3. The number of ether oxygens (including phenoxy) is 2. The van der Waals surface area contributed by atoms with Crippen LogP contribution in [0.25, 0.3) is 0 Å². The van der Waals surface area contributed by atoms with Gasteiger partial charge in [-0.15, -0.1) is 0 Å². The van der Waals surface area contributed by atoms with Gasteiger partial charge >= 0.3 is 5.97 Å². The largest absolute Gasteiger partial charge is 0.479 e. The second kappa shape index (κ2) is 9.20. The lowest BCUT2D eigenvalue weighted by Gasteiger charge is -2.15. The normalized spacial score (nSPS) is 11.6. The molecule has 29 heavy (non-hydrogen) atoms. The minimum absolute atomic E-state index is 0.0190. The Morgan fingerprint density at radius 2 is 1.93 bits per heavy atom. The van der Waals surface area contributed by atoms with E-state index < -0.39 is 12.1 Å². The van der Waals surface area contributed by atoms with E-state index in [0.717, 1.165) is 11.3 Å². The van der Waals surface area contributed by atoms with Crippen LogP contribution in [0.4, 0.5) is 17.6 Å². The summed E-state index contributed by atoms with van der Waals surface area (Å²) in [4.78, 5) is 24.5. The molecule has 0 radical (unpaired) electrons. The molecule has 0 amide bonds. The molecule has 2 aromatic carbocycles. The molecular weight excluding hydrogens is 394 g/mol. The highest BCUT2D eigenvalue weighted by Crippen LogP contribution is 2.23.